The first kappa shape index (κ1) is 14.3. The molecule has 0 aromatic carbocycles. The zero-order valence-electron chi connectivity index (χ0n) is 9.81. The van der Waals surface area contributed by atoms with Gasteiger partial charge in [0.05, 0.1) is 25.0 Å². The van der Waals surface area contributed by atoms with Gasteiger partial charge < -0.3 is 10.4 Å². The van der Waals surface area contributed by atoms with E-state index in [1.54, 1.807) is 11.8 Å². The molecule has 1 rings (SSSR count). The lowest BCUT2D eigenvalue weighted by molar-refractivity contribution is 0.266. The first-order valence-corrected chi connectivity index (χ1v) is 6.99. The molecule has 0 fully saturated rings. The van der Waals surface area contributed by atoms with Crippen LogP contribution in [0.3, 0.4) is 0 Å². The number of rotatable bonds is 6. The van der Waals surface area contributed by atoms with Crippen molar-refractivity contribution in [3.05, 3.63) is 21.6 Å². The Bertz CT molecular complexity index is 425. The van der Waals surface area contributed by atoms with E-state index in [0.717, 1.165) is 10.4 Å². The fourth-order valence-electron chi connectivity index (χ4n) is 1.38. The standard InChI is InChI=1S/C10H16ClN3O2S/c1-7(6-17-2)13-8-5-12-14(3-4-15)10(16)9(8)11/h5,7,13,15H,3-4,6H2,1-2H3. The first-order chi connectivity index (χ1) is 8.10. The predicted molar refractivity (Wildman–Crippen MR) is 72.1 cm³/mol. The summed E-state index contributed by atoms with van der Waals surface area (Å²) >= 11 is 7.66. The number of nitrogens with zero attached hydrogens (tertiary/aromatic N) is 2. The second kappa shape index (κ2) is 6.88. The lowest BCUT2D eigenvalue weighted by Crippen LogP contribution is -2.27. The van der Waals surface area contributed by atoms with Crippen LogP contribution in [-0.2, 0) is 6.54 Å². The summed E-state index contributed by atoms with van der Waals surface area (Å²) in [5.74, 6) is 0.913. The molecule has 0 aliphatic rings. The van der Waals surface area contributed by atoms with E-state index in [2.05, 4.69) is 10.4 Å². The van der Waals surface area contributed by atoms with Gasteiger partial charge in [-0.2, -0.15) is 16.9 Å². The van der Waals surface area contributed by atoms with Gasteiger partial charge in [-0.05, 0) is 13.2 Å². The Labute approximate surface area is 109 Å². The molecule has 1 aromatic heterocycles. The topological polar surface area (TPSA) is 67.2 Å². The average Bonchev–Trinajstić information content (AvgIpc) is 2.29. The van der Waals surface area contributed by atoms with Gasteiger partial charge >= 0.3 is 0 Å². The second-order valence-electron chi connectivity index (χ2n) is 3.62. The Kier molecular flexibility index (Phi) is 5.80. The number of aliphatic hydroxyl groups is 1. The number of hydrogen-bond acceptors (Lipinski definition) is 5. The van der Waals surface area contributed by atoms with E-state index in [0.29, 0.717) is 5.69 Å². The van der Waals surface area contributed by atoms with Crippen LogP contribution in [0.2, 0.25) is 5.02 Å². The van der Waals surface area contributed by atoms with Crippen molar-refractivity contribution in [1.29, 1.82) is 0 Å². The highest BCUT2D eigenvalue weighted by Gasteiger charge is 2.10. The summed E-state index contributed by atoms with van der Waals surface area (Å²) in [7, 11) is 0. The van der Waals surface area contributed by atoms with Crippen LogP contribution in [0.1, 0.15) is 6.92 Å². The molecule has 0 spiro atoms. The molecule has 96 valence electrons. The predicted octanol–water partition coefficient (Wildman–Crippen LogP) is 1.05. The van der Waals surface area contributed by atoms with Gasteiger partial charge in [-0.3, -0.25) is 4.79 Å². The number of anilines is 1. The number of aromatic nitrogens is 2. The Morgan fingerprint density at radius 2 is 2.41 bits per heavy atom. The SMILES string of the molecule is CSCC(C)Nc1cnn(CCO)c(=O)c1Cl. The van der Waals surface area contributed by atoms with Crippen LogP contribution in [-0.4, -0.2) is 39.5 Å². The fourth-order valence-corrected chi connectivity index (χ4v) is 2.16. The molecule has 0 aliphatic carbocycles. The van der Waals surface area contributed by atoms with Gasteiger partial charge in [0.1, 0.15) is 5.02 Å². The van der Waals surface area contributed by atoms with Crippen LogP contribution in [0.25, 0.3) is 0 Å². The third kappa shape index (κ3) is 3.90. The first-order valence-electron chi connectivity index (χ1n) is 5.22. The molecular weight excluding hydrogens is 262 g/mol. The molecule has 1 atom stereocenters. The van der Waals surface area contributed by atoms with Crippen molar-refractivity contribution in [2.24, 2.45) is 0 Å². The Morgan fingerprint density at radius 1 is 1.71 bits per heavy atom. The van der Waals surface area contributed by atoms with Crippen molar-refractivity contribution < 1.29 is 5.11 Å². The van der Waals surface area contributed by atoms with Crippen molar-refractivity contribution >= 4 is 29.1 Å². The third-order valence-corrected chi connectivity index (χ3v) is 3.31. The molecule has 1 heterocycles. The van der Waals surface area contributed by atoms with Crippen molar-refractivity contribution in [3.8, 4) is 0 Å². The Balaban J connectivity index is 2.89. The number of halogens is 1. The van der Waals surface area contributed by atoms with Gasteiger partial charge in [0.2, 0.25) is 0 Å². The number of aliphatic hydroxyl groups excluding tert-OH is 1. The summed E-state index contributed by atoms with van der Waals surface area (Å²) in [6.07, 6.45) is 3.52. The van der Waals surface area contributed by atoms with Gasteiger partial charge in [0.15, 0.2) is 0 Å². The molecule has 2 N–H and O–H groups in total. The highest BCUT2D eigenvalue weighted by molar-refractivity contribution is 7.98. The van der Waals surface area contributed by atoms with Crippen molar-refractivity contribution in [1.82, 2.24) is 9.78 Å². The smallest absolute Gasteiger partial charge is 0.287 e. The van der Waals surface area contributed by atoms with E-state index in [4.69, 9.17) is 16.7 Å². The number of hydrogen-bond donors (Lipinski definition) is 2. The summed E-state index contributed by atoms with van der Waals surface area (Å²) in [5, 5.41) is 15.9. The van der Waals surface area contributed by atoms with Crippen LogP contribution in [0.5, 0.6) is 0 Å². The van der Waals surface area contributed by atoms with E-state index in [1.807, 2.05) is 13.2 Å². The molecule has 0 aliphatic heterocycles. The minimum Gasteiger partial charge on any atom is -0.394 e. The lowest BCUT2D eigenvalue weighted by Gasteiger charge is -2.15. The van der Waals surface area contributed by atoms with E-state index in [1.165, 1.54) is 6.20 Å². The third-order valence-electron chi connectivity index (χ3n) is 2.12. The Morgan fingerprint density at radius 3 is 3.00 bits per heavy atom. The zero-order valence-corrected chi connectivity index (χ0v) is 11.4. The van der Waals surface area contributed by atoms with Crippen LogP contribution in [0.15, 0.2) is 11.0 Å². The summed E-state index contributed by atoms with van der Waals surface area (Å²) in [4.78, 5) is 11.7. The van der Waals surface area contributed by atoms with Crippen molar-refractivity contribution in [2.45, 2.75) is 19.5 Å². The number of nitrogens with one attached hydrogen (secondary N) is 1. The number of thioether (sulfide) groups is 1. The van der Waals surface area contributed by atoms with Gasteiger partial charge in [-0.25, -0.2) is 4.68 Å². The summed E-state index contributed by atoms with van der Waals surface area (Å²) in [6.45, 7) is 2.02. The van der Waals surface area contributed by atoms with Crippen LogP contribution >= 0.6 is 23.4 Å². The van der Waals surface area contributed by atoms with E-state index >= 15 is 0 Å². The minimum absolute atomic E-state index is 0.112. The maximum atomic E-state index is 11.7. The molecule has 0 radical (unpaired) electrons. The van der Waals surface area contributed by atoms with E-state index < -0.39 is 0 Å². The molecule has 5 nitrogen and oxygen atoms in total. The molecule has 17 heavy (non-hydrogen) atoms. The molecule has 0 saturated heterocycles. The van der Waals surface area contributed by atoms with Crippen molar-refractivity contribution in [2.75, 3.05) is 23.9 Å². The quantitative estimate of drug-likeness (QED) is 0.814. The van der Waals surface area contributed by atoms with E-state index in [9.17, 15) is 4.79 Å². The summed E-state index contributed by atoms with van der Waals surface area (Å²) in [6, 6.07) is 0.206. The maximum absolute atomic E-state index is 11.7. The zero-order chi connectivity index (χ0) is 12.8. The Hall–Kier alpha value is -0.720. The highest BCUT2D eigenvalue weighted by Crippen LogP contribution is 2.17. The molecule has 0 amide bonds. The van der Waals surface area contributed by atoms with Gasteiger partial charge in [0, 0.05) is 11.8 Å². The normalized spacial score (nSPS) is 12.5. The fraction of sp³-hybridized carbons (Fsp3) is 0.600. The molecule has 7 heteroatoms. The molecule has 0 bridgehead atoms. The van der Waals surface area contributed by atoms with Gasteiger partial charge in [0.25, 0.3) is 5.56 Å². The molecule has 1 unspecified atom stereocenters. The molecule has 1 aromatic rings. The monoisotopic (exact) mass is 277 g/mol. The van der Waals surface area contributed by atoms with Crippen LogP contribution in [0.4, 0.5) is 5.69 Å². The minimum atomic E-state index is -0.387. The summed E-state index contributed by atoms with van der Waals surface area (Å²) < 4.78 is 1.15. The molecule has 0 saturated carbocycles. The van der Waals surface area contributed by atoms with E-state index in [-0.39, 0.29) is 29.8 Å². The largest absolute Gasteiger partial charge is 0.394 e. The van der Waals surface area contributed by atoms with Gasteiger partial charge in [-0.15, -0.1) is 0 Å². The highest BCUT2D eigenvalue weighted by atomic mass is 35.5. The second-order valence-corrected chi connectivity index (χ2v) is 4.91. The van der Waals surface area contributed by atoms with Gasteiger partial charge in [-0.1, -0.05) is 11.6 Å². The summed E-state index contributed by atoms with van der Waals surface area (Å²) in [5.41, 5.74) is 0.148. The van der Waals surface area contributed by atoms with Crippen LogP contribution in [0, 0.1) is 0 Å². The van der Waals surface area contributed by atoms with Crippen LogP contribution < -0.4 is 10.9 Å². The maximum Gasteiger partial charge on any atom is 0.287 e. The lowest BCUT2D eigenvalue weighted by atomic mass is 10.3. The molecular formula is C10H16ClN3O2S. The van der Waals surface area contributed by atoms with Crippen molar-refractivity contribution in [3.63, 3.8) is 0 Å². The average molecular weight is 278 g/mol.